The molecular formula is C16H20O2. The van der Waals surface area contributed by atoms with Gasteiger partial charge in [0.15, 0.2) is 0 Å². The molecule has 1 aromatic carbocycles. The van der Waals surface area contributed by atoms with Crippen LogP contribution in [0.1, 0.15) is 43.2 Å². The summed E-state index contributed by atoms with van der Waals surface area (Å²) in [6, 6.07) is 8.64. The average Bonchev–Trinajstić information content (AvgIpc) is 2.43. The van der Waals surface area contributed by atoms with Gasteiger partial charge in [0.1, 0.15) is 0 Å². The van der Waals surface area contributed by atoms with Crippen LogP contribution in [0, 0.1) is 0 Å². The number of ether oxygens (including phenoxy) is 1. The first-order chi connectivity index (χ1) is 8.81. The first-order valence-electron chi connectivity index (χ1n) is 6.65. The number of benzene rings is 1. The normalized spacial score (nSPS) is 13.7. The standard InChI is InChI=1S/C16H20O2/c1-18-16(17)12-5-3-8-14-10-6-9-13-7-2-4-11-15(13)14/h2,4,7,10-11H,3,5-6,8-9,12H2,1H3. The van der Waals surface area contributed by atoms with Crippen LogP contribution in [-0.4, -0.2) is 13.1 Å². The predicted octanol–water partition coefficient (Wildman–Crippen LogP) is 3.75. The van der Waals surface area contributed by atoms with Crippen LogP contribution in [0.2, 0.25) is 0 Å². The molecule has 2 rings (SSSR count). The smallest absolute Gasteiger partial charge is 0.305 e. The van der Waals surface area contributed by atoms with Crippen molar-refractivity contribution in [2.24, 2.45) is 0 Å². The lowest BCUT2D eigenvalue weighted by Gasteiger charge is -2.17. The summed E-state index contributed by atoms with van der Waals surface area (Å²) in [6.07, 6.45) is 8.20. The Labute approximate surface area is 109 Å². The maximum Gasteiger partial charge on any atom is 0.305 e. The van der Waals surface area contributed by atoms with Crippen LogP contribution in [-0.2, 0) is 16.0 Å². The van der Waals surface area contributed by atoms with E-state index in [-0.39, 0.29) is 5.97 Å². The molecule has 2 nitrogen and oxygen atoms in total. The molecule has 0 saturated heterocycles. The van der Waals surface area contributed by atoms with Gasteiger partial charge in [0.25, 0.3) is 0 Å². The molecule has 0 heterocycles. The van der Waals surface area contributed by atoms with Crippen LogP contribution in [0.5, 0.6) is 0 Å². The van der Waals surface area contributed by atoms with E-state index >= 15 is 0 Å². The zero-order valence-electron chi connectivity index (χ0n) is 10.9. The highest BCUT2D eigenvalue weighted by atomic mass is 16.5. The molecule has 1 aromatic rings. The summed E-state index contributed by atoms with van der Waals surface area (Å²) in [5, 5.41) is 0. The van der Waals surface area contributed by atoms with Crippen molar-refractivity contribution in [2.45, 2.75) is 38.5 Å². The first kappa shape index (κ1) is 12.9. The van der Waals surface area contributed by atoms with E-state index in [0.29, 0.717) is 6.42 Å². The van der Waals surface area contributed by atoms with Gasteiger partial charge in [0.05, 0.1) is 7.11 Å². The molecule has 2 heteroatoms. The van der Waals surface area contributed by atoms with Gasteiger partial charge in [0, 0.05) is 6.42 Å². The Morgan fingerprint density at radius 1 is 1.28 bits per heavy atom. The largest absolute Gasteiger partial charge is 0.469 e. The molecule has 0 spiro atoms. The summed E-state index contributed by atoms with van der Waals surface area (Å²) in [5.74, 6) is -0.104. The molecule has 0 N–H and O–H groups in total. The minimum absolute atomic E-state index is 0.104. The Morgan fingerprint density at radius 2 is 2.11 bits per heavy atom. The number of hydrogen-bond acceptors (Lipinski definition) is 2. The van der Waals surface area contributed by atoms with Crippen molar-refractivity contribution in [1.29, 1.82) is 0 Å². The molecular weight excluding hydrogens is 224 g/mol. The van der Waals surface area contributed by atoms with Gasteiger partial charge in [-0.05, 0) is 48.8 Å². The molecule has 0 aromatic heterocycles. The molecule has 1 aliphatic carbocycles. The lowest BCUT2D eigenvalue weighted by Crippen LogP contribution is -2.01. The second kappa shape index (κ2) is 6.39. The molecule has 1 aliphatic rings. The summed E-state index contributed by atoms with van der Waals surface area (Å²) < 4.78 is 4.64. The van der Waals surface area contributed by atoms with Gasteiger partial charge in [-0.25, -0.2) is 0 Å². The Kier molecular flexibility index (Phi) is 4.57. The average molecular weight is 244 g/mol. The molecule has 0 atom stereocenters. The van der Waals surface area contributed by atoms with Crippen LogP contribution < -0.4 is 0 Å². The Hall–Kier alpha value is -1.57. The van der Waals surface area contributed by atoms with E-state index in [1.165, 1.54) is 23.8 Å². The molecule has 0 aliphatic heterocycles. The fourth-order valence-electron chi connectivity index (χ4n) is 2.49. The summed E-state index contributed by atoms with van der Waals surface area (Å²) in [5.41, 5.74) is 4.31. The lowest BCUT2D eigenvalue weighted by molar-refractivity contribution is -0.140. The van der Waals surface area contributed by atoms with E-state index in [1.807, 2.05) is 0 Å². The first-order valence-corrected chi connectivity index (χ1v) is 6.65. The molecule has 96 valence electrons. The third kappa shape index (κ3) is 3.22. The van der Waals surface area contributed by atoms with Gasteiger partial charge >= 0.3 is 5.97 Å². The number of carbonyl (C=O) groups excluding carboxylic acids is 1. The third-order valence-electron chi connectivity index (χ3n) is 3.47. The van der Waals surface area contributed by atoms with Gasteiger partial charge in [-0.3, -0.25) is 4.79 Å². The van der Waals surface area contributed by atoms with Crippen LogP contribution in [0.3, 0.4) is 0 Å². The summed E-state index contributed by atoms with van der Waals surface area (Å²) in [6.45, 7) is 0. The van der Waals surface area contributed by atoms with Crippen molar-refractivity contribution in [3.63, 3.8) is 0 Å². The second-order valence-corrected chi connectivity index (χ2v) is 4.71. The minimum Gasteiger partial charge on any atom is -0.469 e. The summed E-state index contributed by atoms with van der Waals surface area (Å²) in [7, 11) is 1.45. The zero-order valence-corrected chi connectivity index (χ0v) is 10.9. The van der Waals surface area contributed by atoms with Gasteiger partial charge in [-0.1, -0.05) is 30.3 Å². The highest BCUT2D eigenvalue weighted by Gasteiger charge is 2.11. The van der Waals surface area contributed by atoms with Crippen molar-refractivity contribution >= 4 is 11.5 Å². The fraction of sp³-hybridized carbons (Fsp3) is 0.438. The predicted molar refractivity (Wildman–Crippen MR) is 73.2 cm³/mol. The van der Waals surface area contributed by atoms with Crippen LogP contribution in [0.4, 0.5) is 0 Å². The van der Waals surface area contributed by atoms with Crippen molar-refractivity contribution < 1.29 is 9.53 Å². The topological polar surface area (TPSA) is 26.3 Å². The van der Waals surface area contributed by atoms with Gasteiger partial charge in [-0.2, -0.15) is 0 Å². The quantitative estimate of drug-likeness (QED) is 0.582. The van der Waals surface area contributed by atoms with Crippen molar-refractivity contribution in [3.05, 3.63) is 41.5 Å². The number of carbonyl (C=O) groups is 1. The summed E-state index contributed by atoms with van der Waals surface area (Å²) >= 11 is 0. The second-order valence-electron chi connectivity index (χ2n) is 4.71. The molecule has 0 amide bonds. The van der Waals surface area contributed by atoms with Crippen LogP contribution >= 0.6 is 0 Å². The van der Waals surface area contributed by atoms with Crippen molar-refractivity contribution in [3.8, 4) is 0 Å². The van der Waals surface area contributed by atoms with Crippen molar-refractivity contribution in [2.75, 3.05) is 7.11 Å². The van der Waals surface area contributed by atoms with E-state index in [9.17, 15) is 4.79 Å². The SMILES string of the molecule is COC(=O)CCCCC1=CCCc2ccccc21. The number of aryl methyl sites for hydroxylation is 1. The monoisotopic (exact) mass is 244 g/mol. The summed E-state index contributed by atoms with van der Waals surface area (Å²) in [4.78, 5) is 11.0. The number of methoxy groups -OCH3 is 1. The Balaban J connectivity index is 1.87. The number of unbranched alkanes of at least 4 members (excludes halogenated alkanes) is 1. The number of allylic oxidation sites excluding steroid dienone is 2. The zero-order chi connectivity index (χ0) is 12.8. The molecule has 0 bridgehead atoms. The van der Waals surface area contributed by atoms with Crippen LogP contribution in [0.15, 0.2) is 30.3 Å². The Morgan fingerprint density at radius 3 is 2.94 bits per heavy atom. The number of hydrogen-bond donors (Lipinski definition) is 0. The van der Waals surface area contributed by atoms with Crippen molar-refractivity contribution in [1.82, 2.24) is 0 Å². The minimum atomic E-state index is -0.104. The molecule has 0 fully saturated rings. The van der Waals surface area contributed by atoms with E-state index in [4.69, 9.17) is 0 Å². The highest BCUT2D eigenvalue weighted by Crippen LogP contribution is 2.29. The molecule has 0 saturated carbocycles. The number of rotatable bonds is 5. The lowest BCUT2D eigenvalue weighted by atomic mass is 9.88. The van der Waals surface area contributed by atoms with Gasteiger partial charge in [0.2, 0.25) is 0 Å². The fourth-order valence-corrected chi connectivity index (χ4v) is 2.49. The van der Waals surface area contributed by atoms with E-state index < -0.39 is 0 Å². The molecule has 18 heavy (non-hydrogen) atoms. The van der Waals surface area contributed by atoms with E-state index in [2.05, 4.69) is 35.1 Å². The maximum atomic E-state index is 11.0. The highest BCUT2D eigenvalue weighted by molar-refractivity contribution is 5.70. The third-order valence-corrected chi connectivity index (χ3v) is 3.47. The van der Waals surface area contributed by atoms with E-state index in [0.717, 1.165) is 32.1 Å². The van der Waals surface area contributed by atoms with Crippen LogP contribution in [0.25, 0.3) is 5.57 Å². The molecule has 0 unspecified atom stereocenters. The van der Waals surface area contributed by atoms with Gasteiger partial charge in [-0.15, -0.1) is 0 Å². The maximum absolute atomic E-state index is 11.0. The molecule has 0 radical (unpaired) electrons. The van der Waals surface area contributed by atoms with E-state index in [1.54, 1.807) is 0 Å². The number of esters is 1. The Bertz CT molecular complexity index is 446. The number of fused-ring (bicyclic) bond motifs is 1. The van der Waals surface area contributed by atoms with Gasteiger partial charge < -0.3 is 4.74 Å².